The first-order chi connectivity index (χ1) is 9.15. The number of hydrogen-bond acceptors (Lipinski definition) is 2. The van der Waals surface area contributed by atoms with Crippen LogP contribution in [-0.2, 0) is 25.5 Å². The fourth-order valence-corrected chi connectivity index (χ4v) is 4.03. The van der Waals surface area contributed by atoms with Crippen LogP contribution in [0.1, 0.15) is 19.4 Å². The summed E-state index contributed by atoms with van der Waals surface area (Å²) in [5, 5.41) is 4.77. The third-order valence-corrected chi connectivity index (χ3v) is 5.33. The van der Waals surface area contributed by atoms with Crippen molar-refractivity contribution in [1.82, 2.24) is 4.98 Å². The van der Waals surface area contributed by atoms with Gasteiger partial charge in [0.15, 0.2) is 0 Å². The van der Waals surface area contributed by atoms with Gasteiger partial charge >= 0.3 is 0 Å². The minimum Gasteiger partial charge on any atom is -0.289 e. The molecule has 2 heterocycles. The number of benzene rings is 2. The molecule has 4 rings (SSSR count). The van der Waals surface area contributed by atoms with Crippen molar-refractivity contribution in [2.45, 2.75) is 24.3 Å². The SMILES string of the molecule is CC1(C)CSc2nc3c(ccc4ccc[c-]c43)cc21.[Ir]. The molecule has 0 amide bonds. The molecule has 0 fully saturated rings. The third-order valence-electron chi connectivity index (χ3n) is 3.88. The van der Waals surface area contributed by atoms with E-state index < -0.39 is 0 Å². The van der Waals surface area contributed by atoms with E-state index in [1.54, 1.807) is 0 Å². The Morgan fingerprint density at radius 1 is 1.20 bits per heavy atom. The molecule has 0 spiro atoms. The van der Waals surface area contributed by atoms with Crippen LogP contribution in [0.4, 0.5) is 0 Å². The van der Waals surface area contributed by atoms with Crippen LogP contribution in [0.5, 0.6) is 0 Å². The summed E-state index contributed by atoms with van der Waals surface area (Å²) in [5.41, 5.74) is 2.71. The van der Waals surface area contributed by atoms with Gasteiger partial charge in [0.2, 0.25) is 0 Å². The maximum absolute atomic E-state index is 4.91. The van der Waals surface area contributed by atoms with Gasteiger partial charge in [-0.25, -0.2) is 0 Å². The molecule has 3 heteroatoms. The maximum Gasteiger partial charge on any atom is 0.0893 e. The van der Waals surface area contributed by atoms with E-state index in [1.807, 2.05) is 23.9 Å². The Bertz CT molecular complexity index is 811. The van der Waals surface area contributed by atoms with Crippen LogP contribution in [0.25, 0.3) is 21.7 Å². The zero-order valence-corrected chi connectivity index (χ0v) is 14.6. The van der Waals surface area contributed by atoms with Crippen LogP contribution >= 0.6 is 11.8 Å². The number of fused-ring (bicyclic) bond motifs is 4. The summed E-state index contributed by atoms with van der Waals surface area (Å²) in [6.45, 7) is 4.60. The maximum atomic E-state index is 4.91. The van der Waals surface area contributed by atoms with Gasteiger partial charge in [-0.05, 0) is 16.5 Å². The Morgan fingerprint density at radius 2 is 2.00 bits per heavy atom. The van der Waals surface area contributed by atoms with Crippen molar-refractivity contribution in [3.05, 3.63) is 48.0 Å². The van der Waals surface area contributed by atoms with Crippen molar-refractivity contribution in [3.63, 3.8) is 0 Å². The van der Waals surface area contributed by atoms with Crippen LogP contribution in [0.3, 0.4) is 0 Å². The van der Waals surface area contributed by atoms with Crippen LogP contribution in [0, 0.1) is 6.07 Å². The average molecular weight is 457 g/mol. The Labute approximate surface area is 136 Å². The smallest absolute Gasteiger partial charge is 0.0893 e. The van der Waals surface area contributed by atoms with Crippen LogP contribution < -0.4 is 0 Å². The van der Waals surface area contributed by atoms with Crippen molar-refractivity contribution < 1.29 is 20.1 Å². The molecule has 2 aromatic carbocycles. The second-order valence-electron chi connectivity index (χ2n) is 5.79. The molecule has 1 aliphatic rings. The summed E-state index contributed by atoms with van der Waals surface area (Å²) < 4.78 is 0. The molecular weight excluding hydrogens is 442 g/mol. The normalized spacial score (nSPS) is 16.1. The Morgan fingerprint density at radius 3 is 2.85 bits per heavy atom. The molecule has 1 aromatic heterocycles. The fraction of sp³-hybridized carbons (Fsp3) is 0.235. The molecule has 20 heavy (non-hydrogen) atoms. The second kappa shape index (κ2) is 4.84. The Hall–Kier alpha value is -0.891. The minimum atomic E-state index is 0. The van der Waals surface area contributed by atoms with Gasteiger partial charge in [0, 0.05) is 31.3 Å². The minimum absolute atomic E-state index is 0. The van der Waals surface area contributed by atoms with E-state index in [-0.39, 0.29) is 25.5 Å². The van der Waals surface area contributed by atoms with Gasteiger partial charge in [0.25, 0.3) is 0 Å². The van der Waals surface area contributed by atoms with Crippen molar-refractivity contribution in [2.24, 2.45) is 0 Å². The van der Waals surface area contributed by atoms with Gasteiger partial charge in [-0.15, -0.1) is 46.8 Å². The fourth-order valence-electron chi connectivity index (χ4n) is 2.73. The van der Waals surface area contributed by atoms with E-state index in [2.05, 4.69) is 44.2 Å². The van der Waals surface area contributed by atoms with Crippen molar-refractivity contribution >= 4 is 33.4 Å². The van der Waals surface area contributed by atoms with Gasteiger partial charge < -0.3 is 0 Å². The van der Waals surface area contributed by atoms with Crippen LogP contribution in [0.2, 0.25) is 0 Å². The molecule has 0 saturated heterocycles. The average Bonchev–Trinajstić information content (AvgIpc) is 2.72. The summed E-state index contributed by atoms with van der Waals surface area (Å²) in [5.74, 6) is 1.12. The monoisotopic (exact) mass is 457 g/mol. The molecule has 0 aliphatic carbocycles. The van der Waals surface area contributed by atoms with Crippen LogP contribution in [0.15, 0.2) is 41.4 Å². The quantitative estimate of drug-likeness (QED) is 0.363. The number of rotatable bonds is 0. The van der Waals surface area contributed by atoms with Gasteiger partial charge in [0.1, 0.15) is 0 Å². The first-order valence-electron chi connectivity index (χ1n) is 6.53. The van der Waals surface area contributed by atoms with Crippen molar-refractivity contribution in [3.8, 4) is 0 Å². The molecule has 0 N–H and O–H groups in total. The van der Waals surface area contributed by atoms with Crippen molar-refractivity contribution in [2.75, 3.05) is 5.75 Å². The zero-order chi connectivity index (χ0) is 13.0. The van der Waals surface area contributed by atoms with E-state index in [1.165, 1.54) is 21.4 Å². The molecule has 1 aliphatic heterocycles. The molecular formula is C17H14IrNS-. The van der Waals surface area contributed by atoms with Gasteiger partial charge in [0.05, 0.1) is 5.03 Å². The summed E-state index contributed by atoms with van der Waals surface area (Å²) in [4.78, 5) is 4.91. The molecule has 1 nitrogen and oxygen atoms in total. The van der Waals surface area contributed by atoms with Crippen LogP contribution in [-0.4, -0.2) is 10.7 Å². The number of thioether (sulfide) groups is 1. The number of hydrogen-bond donors (Lipinski definition) is 0. The number of nitrogens with zero attached hydrogens (tertiary/aromatic N) is 1. The summed E-state index contributed by atoms with van der Waals surface area (Å²) >= 11 is 1.87. The van der Waals surface area contributed by atoms with Gasteiger partial charge in [-0.3, -0.25) is 4.98 Å². The van der Waals surface area contributed by atoms with E-state index in [9.17, 15) is 0 Å². The molecule has 0 bridgehead atoms. The van der Waals surface area contributed by atoms with E-state index in [0.29, 0.717) is 0 Å². The molecule has 3 aromatic rings. The Balaban J connectivity index is 0.00000121. The Kier molecular flexibility index (Phi) is 3.40. The van der Waals surface area contributed by atoms with E-state index in [0.717, 1.165) is 16.7 Å². The topological polar surface area (TPSA) is 12.9 Å². The molecule has 0 unspecified atom stereocenters. The molecule has 1 radical (unpaired) electrons. The summed E-state index contributed by atoms with van der Waals surface area (Å²) in [6.07, 6.45) is 0. The first-order valence-corrected chi connectivity index (χ1v) is 7.51. The zero-order valence-electron chi connectivity index (χ0n) is 11.4. The number of aromatic nitrogens is 1. The van der Waals surface area contributed by atoms with E-state index >= 15 is 0 Å². The first kappa shape index (κ1) is 14.1. The van der Waals surface area contributed by atoms with Crippen molar-refractivity contribution in [1.29, 1.82) is 0 Å². The summed E-state index contributed by atoms with van der Waals surface area (Å²) in [6, 6.07) is 16.1. The standard InChI is InChI=1S/C17H14NS.Ir/c1-17(2)10-19-16-14(17)9-12-8-7-11-5-3-4-6-13(11)15(12)18-16;/h3-5,7-9H,10H2,1-2H3;/q-1;. The molecule has 103 valence electrons. The predicted octanol–water partition coefficient (Wildman–Crippen LogP) is 4.57. The van der Waals surface area contributed by atoms with Gasteiger partial charge in [-0.2, -0.15) is 0 Å². The van der Waals surface area contributed by atoms with Gasteiger partial charge in [-0.1, -0.05) is 32.0 Å². The third kappa shape index (κ3) is 2.00. The predicted molar refractivity (Wildman–Crippen MR) is 81.8 cm³/mol. The largest absolute Gasteiger partial charge is 0.289 e. The molecule has 0 saturated carbocycles. The second-order valence-corrected chi connectivity index (χ2v) is 6.75. The summed E-state index contributed by atoms with van der Waals surface area (Å²) in [7, 11) is 0. The van der Waals surface area contributed by atoms with E-state index in [4.69, 9.17) is 4.98 Å². The molecule has 0 atom stereocenters. The number of pyridine rings is 1.